The second-order valence-electron chi connectivity index (χ2n) is 6.20. The van der Waals surface area contributed by atoms with E-state index in [-0.39, 0.29) is 6.04 Å². The van der Waals surface area contributed by atoms with Gasteiger partial charge in [-0.1, -0.05) is 41.4 Å². The van der Waals surface area contributed by atoms with Gasteiger partial charge in [0.05, 0.1) is 6.04 Å². The predicted molar refractivity (Wildman–Crippen MR) is 102 cm³/mol. The van der Waals surface area contributed by atoms with E-state index in [1.165, 1.54) is 9.75 Å². The molecule has 1 fully saturated rings. The van der Waals surface area contributed by atoms with Gasteiger partial charge in [-0.3, -0.25) is 9.69 Å². The number of nitrogens with zero attached hydrogens (tertiary/aromatic N) is 1. The monoisotopic (exact) mass is 407 g/mol. The first-order valence-electron chi connectivity index (χ1n) is 8.42. The molecule has 0 spiro atoms. The molecule has 0 aliphatic carbocycles. The number of thiophene rings is 1. The standard InChI is InChI=1S/C19H22BrNO2S/c1-2-15-10-11-17(24-15)18(13-6-8-14(20)9-7-13)21-12-4-3-5-16(21)19(22)23/h6-11,16,18H,2-5,12H2,1H3,(H,22,23). The van der Waals surface area contributed by atoms with E-state index in [0.29, 0.717) is 0 Å². The summed E-state index contributed by atoms with van der Waals surface area (Å²) in [5.74, 6) is -0.705. The number of piperidine rings is 1. The number of carboxylic acids is 1. The number of halogens is 1. The Hall–Kier alpha value is -1.17. The van der Waals surface area contributed by atoms with Crippen molar-refractivity contribution in [3.8, 4) is 0 Å². The Morgan fingerprint density at radius 2 is 2.04 bits per heavy atom. The van der Waals surface area contributed by atoms with Crippen LogP contribution in [0.2, 0.25) is 0 Å². The molecule has 1 aromatic carbocycles. The molecule has 1 aromatic heterocycles. The lowest BCUT2D eigenvalue weighted by molar-refractivity contribution is -0.145. The summed E-state index contributed by atoms with van der Waals surface area (Å²) in [5.41, 5.74) is 1.16. The van der Waals surface area contributed by atoms with Crippen LogP contribution >= 0.6 is 27.3 Å². The first-order chi connectivity index (χ1) is 11.6. The Kier molecular flexibility index (Phi) is 5.74. The van der Waals surface area contributed by atoms with Crippen molar-refractivity contribution in [2.24, 2.45) is 0 Å². The van der Waals surface area contributed by atoms with Crippen LogP contribution in [0, 0.1) is 0 Å². The van der Waals surface area contributed by atoms with Gasteiger partial charge in [-0.25, -0.2) is 0 Å². The molecule has 2 atom stereocenters. The van der Waals surface area contributed by atoms with E-state index in [1.54, 1.807) is 11.3 Å². The molecule has 0 bridgehead atoms. The highest BCUT2D eigenvalue weighted by Gasteiger charge is 2.35. The van der Waals surface area contributed by atoms with Gasteiger partial charge in [0, 0.05) is 14.2 Å². The summed E-state index contributed by atoms with van der Waals surface area (Å²) < 4.78 is 1.04. The molecule has 1 aliphatic rings. The smallest absolute Gasteiger partial charge is 0.320 e. The minimum absolute atomic E-state index is 0.0183. The number of benzene rings is 1. The van der Waals surface area contributed by atoms with Crippen LogP contribution in [-0.2, 0) is 11.2 Å². The van der Waals surface area contributed by atoms with Crippen molar-refractivity contribution in [1.82, 2.24) is 4.90 Å². The van der Waals surface area contributed by atoms with Crippen molar-refractivity contribution < 1.29 is 9.90 Å². The fraction of sp³-hybridized carbons (Fsp3) is 0.421. The highest BCUT2D eigenvalue weighted by molar-refractivity contribution is 9.10. The molecule has 0 amide bonds. The Morgan fingerprint density at radius 3 is 2.67 bits per heavy atom. The summed E-state index contributed by atoms with van der Waals surface area (Å²) in [4.78, 5) is 16.6. The second-order valence-corrected chi connectivity index (χ2v) is 8.31. The summed E-state index contributed by atoms with van der Waals surface area (Å²) in [6.45, 7) is 2.99. The molecule has 2 aromatic rings. The first-order valence-corrected chi connectivity index (χ1v) is 10.0. The van der Waals surface area contributed by atoms with E-state index in [9.17, 15) is 9.90 Å². The predicted octanol–water partition coefficient (Wildman–Crippen LogP) is 5.10. The van der Waals surface area contributed by atoms with Crippen molar-refractivity contribution in [3.05, 3.63) is 56.2 Å². The number of likely N-dealkylation sites (tertiary alicyclic amines) is 1. The Bertz CT molecular complexity index is 698. The van der Waals surface area contributed by atoms with Crippen molar-refractivity contribution in [2.75, 3.05) is 6.54 Å². The van der Waals surface area contributed by atoms with E-state index < -0.39 is 12.0 Å². The average Bonchev–Trinajstić information content (AvgIpc) is 3.06. The lowest BCUT2D eigenvalue weighted by atomic mass is 9.95. The number of carbonyl (C=O) groups is 1. The van der Waals surface area contributed by atoms with Gasteiger partial charge in [0.15, 0.2) is 0 Å². The van der Waals surface area contributed by atoms with Crippen molar-refractivity contribution >= 4 is 33.2 Å². The summed E-state index contributed by atoms with van der Waals surface area (Å²) in [7, 11) is 0. The normalized spacial score (nSPS) is 20.0. The molecule has 1 aliphatic heterocycles. The summed E-state index contributed by atoms with van der Waals surface area (Å²) in [6, 6.07) is 12.2. The molecule has 2 heterocycles. The summed E-state index contributed by atoms with van der Waals surface area (Å²) in [5, 5.41) is 9.70. The zero-order valence-electron chi connectivity index (χ0n) is 13.7. The number of aliphatic carboxylic acids is 1. The molecule has 0 saturated carbocycles. The molecule has 5 heteroatoms. The maximum absolute atomic E-state index is 11.8. The van der Waals surface area contributed by atoms with Gasteiger partial charge >= 0.3 is 5.97 Å². The fourth-order valence-corrected chi connectivity index (χ4v) is 4.79. The number of rotatable bonds is 5. The molecule has 1 N–H and O–H groups in total. The lowest BCUT2D eigenvalue weighted by Crippen LogP contribution is -2.46. The maximum atomic E-state index is 11.8. The largest absolute Gasteiger partial charge is 0.480 e. The van der Waals surface area contributed by atoms with E-state index in [0.717, 1.165) is 42.3 Å². The van der Waals surface area contributed by atoms with Gasteiger partial charge < -0.3 is 5.11 Å². The minimum Gasteiger partial charge on any atom is -0.480 e. The van der Waals surface area contributed by atoms with Crippen molar-refractivity contribution in [3.63, 3.8) is 0 Å². The maximum Gasteiger partial charge on any atom is 0.320 e. The summed E-state index contributed by atoms with van der Waals surface area (Å²) >= 11 is 5.29. The van der Waals surface area contributed by atoms with Crippen LogP contribution in [0.15, 0.2) is 40.9 Å². The fourth-order valence-electron chi connectivity index (χ4n) is 3.42. The molecule has 2 unspecified atom stereocenters. The third-order valence-electron chi connectivity index (χ3n) is 4.65. The van der Waals surface area contributed by atoms with Gasteiger partial charge in [0.1, 0.15) is 6.04 Å². The second kappa shape index (κ2) is 7.81. The van der Waals surface area contributed by atoms with E-state index in [1.807, 2.05) is 12.1 Å². The van der Waals surface area contributed by atoms with Crippen LogP contribution in [0.5, 0.6) is 0 Å². The van der Waals surface area contributed by atoms with Crippen LogP contribution in [0.3, 0.4) is 0 Å². The van der Waals surface area contributed by atoms with Gasteiger partial charge in [-0.15, -0.1) is 11.3 Å². The quantitative estimate of drug-likeness (QED) is 0.748. The van der Waals surface area contributed by atoms with Gasteiger partial charge in [0.2, 0.25) is 0 Å². The molecule has 128 valence electrons. The Morgan fingerprint density at radius 1 is 1.29 bits per heavy atom. The van der Waals surface area contributed by atoms with Gasteiger partial charge in [0.25, 0.3) is 0 Å². The van der Waals surface area contributed by atoms with E-state index in [2.05, 4.69) is 52.0 Å². The number of hydrogen-bond donors (Lipinski definition) is 1. The van der Waals surface area contributed by atoms with Crippen molar-refractivity contribution in [2.45, 2.75) is 44.7 Å². The average molecular weight is 408 g/mol. The third kappa shape index (κ3) is 3.73. The third-order valence-corrected chi connectivity index (χ3v) is 6.46. The Balaban J connectivity index is 2.03. The zero-order chi connectivity index (χ0) is 17.1. The van der Waals surface area contributed by atoms with E-state index >= 15 is 0 Å². The molecule has 1 saturated heterocycles. The molecule has 3 rings (SSSR count). The SMILES string of the molecule is CCc1ccc(C(c2ccc(Br)cc2)N2CCCCC2C(=O)O)s1. The number of carboxylic acid groups (broad SMARTS) is 1. The van der Waals surface area contributed by atoms with Crippen LogP contribution in [0.4, 0.5) is 0 Å². The van der Waals surface area contributed by atoms with Crippen LogP contribution in [0.25, 0.3) is 0 Å². The van der Waals surface area contributed by atoms with Crippen LogP contribution in [-0.4, -0.2) is 28.6 Å². The topological polar surface area (TPSA) is 40.5 Å². The minimum atomic E-state index is -0.705. The van der Waals surface area contributed by atoms with Gasteiger partial charge in [-0.2, -0.15) is 0 Å². The summed E-state index contributed by atoms with van der Waals surface area (Å²) in [6.07, 6.45) is 3.79. The number of hydrogen-bond acceptors (Lipinski definition) is 3. The highest BCUT2D eigenvalue weighted by Crippen LogP contribution is 2.38. The van der Waals surface area contributed by atoms with E-state index in [4.69, 9.17) is 0 Å². The molecular formula is C19H22BrNO2S. The number of aryl methyl sites for hydroxylation is 1. The van der Waals surface area contributed by atoms with Gasteiger partial charge in [-0.05, 0) is 55.6 Å². The molecule has 24 heavy (non-hydrogen) atoms. The zero-order valence-corrected chi connectivity index (χ0v) is 16.1. The molecule has 0 radical (unpaired) electrons. The first kappa shape index (κ1) is 17.6. The van der Waals surface area contributed by atoms with Crippen molar-refractivity contribution in [1.29, 1.82) is 0 Å². The Labute approximate surface area is 155 Å². The van der Waals surface area contributed by atoms with Crippen LogP contribution in [0.1, 0.15) is 47.5 Å². The molecular weight excluding hydrogens is 386 g/mol. The highest BCUT2D eigenvalue weighted by atomic mass is 79.9. The van der Waals surface area contributed by atoms with Crippen LogP contribution < -0.4 is 0 Å². The lowest BCUT2D eigenvalue weighted by Gasteiger charge is -2.39. The molecule has 3 nitrogen and oxygen atoms in total.